The average molecular weight is 561 g/mol. The van der Waals surface area contributed by atoms with Crippen LogP contribution in [0.5, 0.6) is 0 Å². The third-order valence-corrected chi connectivity index (χ3v) is 8.46. The monoisotopic (exact) mass is 559 g/mol. The number of likely N-dealkylation sites (tertiary alicyclic amines) is 1. The Morgan fingerprint density at radius 3 is 2.34 bits per heavy atom. The Morgan fingerprint density at radius 2 is 1.71 bits per heavy atom. The highest BCUT2D eigenvalue weighted by Crippen LogP contribution is 2.30. The normalized spacial score (nSPS) is 15.3. The molecule has 1 unspecified atom stereocenters. The first kappa shape index (κ1) is 30.5. The van der Waals surface area contributed by atoms with Crippen molar-refractivity contribution in [2.75, 3.05) is 39.8 Å². The van der Waals surface area contributed by atoms with E-state index in [-0.39, 0.29) is 17.7 Å². The van der Waals surface area contributed by atoms with E-state index >= 15 is 0 Å². The second-order valence-electron chi connectivity index (χ2n) is 10.6. The van der Waals surface area contributed by atoms with Crippen molar-refractivity contribution in [3.05, 3.63) is 69.7 Å². The van der Waals surface area contributed by atoms with Crippen molar-refractivity contribution in [2.45, 2.75) is 70.8 Å². The first-order chi connectivity index (χ1) is 18.3. The minimum absolute atomic E-state index is 0.0136. The van der Waals surface area contributed by atoms with Crippen molar-refractivity contribution in [1.29, 1.82) is 0 Å². The molecular weight excluding hydrogens is 517 g/mol. The molecule has 0 saturated carbocycles. The SMILES string of the molecule is CCCCCCN(C(C)=O)C1CCN(CCC(CN(C)C(=O)c2ccccc2)c2ccc(Cl)c(Cl)c2)CC1. The summed E-state index contributed by atoms with van der Waals surface area (Å²) >= 11 is 12.6. The van der Waals surface area contributed by atoms with Gasteiger partial charge in [0.1, 0.15) is 0 Å². The van der Waals surface area contributed by atoms with E-state index in [1.54, 1.807) is 11.8 Å². The highest BCUT2D eigenvalue weighted by molar-refractivity contribution is 6.42. The van der Waals surface area contributed by atoms with Gasteiger partial charge in [-0.05, 0) is 62.1 Å². The lowest BCUT2D eigenvalue weighted by Gasteiger charge is -2.39. The van der Waals surface area contributed by atoms with Gasteiger partial charge in [-0.3, -0.25) is 9.59 Å². The van der Waals surface area contributed by atoms with Gasteiger partial charge in [0.25, 0.3) is 5.91 Å². The van der Waals surface area contributed by atoms with Gasteiger partial charge >= 0.3 is 0 Å². The van der Waals surface area contributed by atoms with E-state index in [9.17, 15) is 9.59 Å². The Bertz CT molecular complexity index is 1030. The van der Waals surface area contributed by atoms with E-state index in [0.717, 1.165) is 57.4 Å². The highest BCUT2D eigenvalue weighted by atomic mass is 35.5. The molecule has 38 heavy (non-hydrogen) atoms. The van der Waals surface area contributed by atoms with Crippen LogP contribution in [0.1, 0.15) is 80.6 Å². The summed E-state index contributed by atoms with van der Waals surface area (Å²) in [5.74, 6) is 0.345. The number of carbonyl (C=O) groups is 2. The summed E-state index contributed by atoms with van der Waals surface area (Å²) in [6.45, 7) is 8.29. The summed E-state index contributed by atoms with van der Waals surface area (Å²) in [5, 5.41) is 1.07. The fourth-order valence-corrected chi connectivity index (χ4v) is 5.75. The molecule has 0 aromatic heterocycles. The Hall–Kier alpha value is -2.08. The van der Waals surface area contributed by atoms with E-state index in [4.69, 9.17) is 23.2 Å². The first-order valence-electron chi connectivity index (χ1n) is 14.0. The quantitative estimate of drug-likeness (QED) is 0.245. The maximum absolute atomic E-state index is 13.0. The van der Waals surface area contributed by atoms with Crippen molar-refractivity contribution in [3.63, 3.8) is 0 Å². The summed E-state index contributed by atoms with van der Waals surface area (Å²) in [6.07, 6.45) is 7.65. The van der Waals surface area contributed by atoms with Crippen molar-refractivity contribution in [1.82, 2.24) is 14.7 Å². The zero-order valence-electron chi connectivity index (χ0n) is 23.2. The van der Waals surface area contributed by atoms with Crippen molar-refractivity contribution >= 4 is 35.0 Å². The molecule has 0 radical (unpaired) electrons. The molecule has 1 fully saturated rings. The number of unbranched alkanes of at least 4 members (excludes halogenated alkanes) is 3. The molecule has 7 heteroatoms. The van der Waals surface area contributed by atoms with Crippen LogP contribution in [-0.2, 0) is 4.79 Å². The lowest BCUT2D eigenvalue weighted by Crippen LogP contribution is -2.47. The molecule has 3 rings (SSSR count). The topological polar surface area (TPSA) is 43.9 Å². The van der Waals surface area contributed by atoms with Crippen LogP contribution < -0.4 is 0 Å². The number of hydrogen-bond acceptors (Lipinski definition) is 3. The number of halogens is 2. The minimum Gasteiger partial charge on any atom is -0.341 e. The van der Waals surface area contributed by atoms with Gasteiger partial charge in [0.2, 0.25) is 5.91 Å². The fraction of sp³-hybridized carbons (Fsp3) is 0.548. The number of carbonyl (C=O) groups excluding carboxylic acids is 2. The zero-order chi connectivity index (χ0) is 27.5. The molecule has 1 aliphatic rings. The van der Waals surface area contributed by atoms with Gasteiger partial charge in [-0.25, -0.2) is 0 Å². The van der Waals surface area contributed by atoms with E-state index in [1.165, 1.54) is 19.3 Å². The molecular formula is C31H43Cl2N3O2. The molecule has 2 aromatic carbocycles. The number of benzene rings is 2. The van der Waals surface area contributed by atoms with Gasteiger partial charge in [0, 0.05) is 57.7 Å². The summed E-state index contributed by atoms with van der Waals surface area (Å²) in [6, 6.07) is 15.5. The lowest BCUT2D eigenvalue weighted by atomic mass is 9.93. The van der Waals surface area contributed by atoms with Gasteiger partial charge in [-0.15, -0.1) is 0 Å². The lowest BCUT2D eigenvalue weighted by molar-refractivity contribution is -0.132. The molecule has 208 valence electrons. The molecule has 1 heterocycles. The van der Waals surface area contributed by atoms with Crippen molar-refractivity contribution < 1.29 is 9.59 Å². The van der Waals surface area contributed by atoms with Crippen LogP contribution in [0.15, 0.2) is 48.5 Å². The van der Waals surface area contributed by atoms with Crippen molar-refractivity contribution in [3.8, 4) is 0 Å². The van der Waals surface area contributed by atoms with Gasteiger partial charge in [-0.1, -0.05) is 73.7 Å². The third-order valence-electron chi connectivity index (χ3n) is 7.73. The smallest absolute Gasteiger partial charge is 0.253 e. The van der Waals surface area contributed by atoms with Gasteiger partial charge in [0.05, 0.1) is 10.0 Å². The Labute approximate surface area is 239 Å². The van der Waals surface area contributed by atoms with E-state index in [1.807, 2.05) is 55.6 Å². The molecule has 2 amide bonds. The number of piperidine rings is 1. The molecule has 0 aliphatic carbocycles. The van der Waals surface area contributed by atoms with Crippen molar-refractivity contribution in [2.24, 2.45) is 0 Å². The summed E-state index contributed by atoms with van der Waals surface area (Å²) in [5.41, 5.74) is 1.78. The number of rotatable bonds is 13. The Kier molecular flexibility index (Phi) is 12.4. The first-order valence-corrected chi connectivity index (χ1v) is 14.8. The zero-order valence-corrected chi connectivity index (χ0v) is 24.7. The van der Waals surface area contributed by atoms with E-state index in [2.05, 4.69) is 16.7 Å². The van der Waals surface area contributed by atoms with Crippen LogP contribution in [0, 0.1) is 0 Å². The standard InChI is InChI=1S/C31H43Cl2N3O2/c1-4-5-6-10-18-36(24(2)37)28-16-20-35(21-17-28)19-15-27(26-13-14-29(32)30(33)22-26)23-34(3)31(38)25-11-8-7-9-12-25/h7-9,11-14,22,27-28H,4-6,10,15-21,23H2,1-3H3. The molecule has 5 nitrogen and oxygen atoms in total. The summed E-state index contributed by atoms with van der Waals surface area (Å²) in [7, 11) is 1.86. The maximum Gasteiger partial charge on any atom is 0.253 e. The largest absolute Gasteiger partial charge is 0.341 e. The van der Waals surface area contributed by atoms with Crippen LogP contribution in [-0.4, -0.2) is 72.3 Å². The van der Waals surface area contributed by atoms with Crippen LogP contribution in [0.4, 0.5) is 0 Å². The van der Waals surface area contributed by atoms with Gasteiger partial charge in [0.15, 0.2) is 0 Å². The van der Waals surface area contributed by atoms with E-state index < -0.39 is 0 Å². The second-order valence-corrected chi connectivity index (χ2v) is 11.4. The Morgan fingerprint density at radius 1 is 1.00 bits per heavy atom. The van der Waals surface area contributed by atoms with Gasteiger partial charge < -0.3 is 14.7 Å². The predicted molar refractivity (Wildman–Crippen MR) is 158 cm³/mol. The molecule has 0 bridgehead atoms. The molecule has 1 saturated heterocycles. The summed E-state index contributed by atoms with van der Waals surface area (Å²) in [4.78, 5) is 31.8. The van der Waals surface area contributed by atoms with Crippen LogP contribution in [0.2, 0.25) is 10.0 Å². The number of amides is 2. The third kappa shape index (κ3) is 9.00. The summed E-state index contributed by atoms with van der Waals surface area (Å²) < 4.78 is 0. The molecule has 2 aromatic rings. The minimum atomic E-state index is 0.0136. The van der Waals surface area contributed by atoms with E-state index in [0.29, 0.717) is 28.2 Å². The van der Waals surface area contributed by atoms with Gasteiger partial charge in [-0.2, -0.15) is 0 Å². The second kappa shape index (κ2) is 15.5. The predicted octanol–water partition coefficient (Wildman–Crippen LogP) is 7.13. The Balaban J connectivity index is 1.60. The fourth-order valence-electron chi connectivity index (χ4n) is 5.44. The molecule has 0 spiro atoms. The van der Waals surface area contributed by atoms with Crippen LogP contribution in [0.3, 0.4) is 0 Å². The molecule has 1 aliphatic heterocycles. The number of hydrogen-bond donors (Lipinski definition) is 0. The highest BCUT2D eigenvalue weighted by Gasteiger charge is 2.27. The molecule has 0 N–H and O–H groups in total. The van der Waals surface area contributed by atoms with Crippen LogP contribution in [0.25, 0.3) is 0 Å². The van der Waals surface area contributed by atoms with Crippen LogP contribution >= 0.6 is 23.2 Å². The maximum atomic E-state index is 13.0. The molecule has 1 atom stereocenters. The average Bonchev–Trinajstić information content (AvgIpc) is 2.92. The number of likely N-dealkylation sites (N-methyl/N-ethyl adjacent to an activating group) is 1. The number of nitrogens with zero attached hydrogens (tertiary/aromatic N) is 3.